The molecule has 1 aliphatic rings. The molecule has 1 fully saturated rings. The lowest BCUT2D eigenvalue weighted by molar-refractivity contribution is -0.122. The lowest BCUT2D eigenvalue weighted by Gasteiger charge is -2.31. The number of nitrogens with zero attached hydrogens (tertiary/aromatic N) is 1. The molecule has 1 aromatic carbocycles. The summed E-state index contributed by atoms with van der Waals surface area (Å²) in [5.41, 5.74) is 1.41. The first-order chi connectivity index (χ1) is 9.78. The monoisotopic (exact) mass is 270 g/mol. The van der Waals surface area contributed by atoms with E-state index in [9.17, 15) is 4.79 Å². The molecule has 0 bridgehead atoms. The Morgan fingerprint density at radius 3 is 2.65 bits per heavy atom. The van der Waals surface area contributed by atoms with Gasteiger partial charge in [0.05, 0.1) is 13.1 Å². The Morgan fingerprint density at radius 1 is 1.30 bits per heavy atom. The third-order valence-electron chi connectivity index (χ3n) is 3.83. The number of rotatable bonds is 5. The third kappa shape index (κ3) is 4.71. The zero-order valence-corrected chi connectivity index (χ0v) is 11.8. The van der Waals surface area contributed by atoms with Gasteiger partial charge in [0.2, 0.25) is 5.91 Å². The normalized spacial score (nSPS) is 16.6. The van der Waals surface area contributed by atoms with E-state index in [1.807, 2.05) is 0 Å². The van der Waals surface area contributed by atoms with Crippen molar-refractivity contribution in [3.05, 3.63) is 35.9 Å². The second kappa shape index (κ2) is 7.72. The van der Waals surface area contributed by atoms with Gasteiger partial charge in [-0.1, -0.05) is 36.3 Å². The van der Waals surface area contributed by atoms with Crippen molar-refractivity contribution < 1.29 is 4.79 Å². The first kappa shape index (κ1) is 14.6. The Hall–Kier alpha value is -1.79. The van der Waals surface area contributed by atoms with Crippen LogP contribution in [-0.4, -0.2) is 37.0 Å². The van der Waals surface area contributed by atoms with Crippen molar-refractivity contribution in [3.63, 3.8) is 0 Å². The van der Waals surface area contributed by atoms with Crippen LogP contribution < -0.4 is 5.32 Å². The summed E-state index contributed by atoms with van der Waals surface area (Å²) >= 11 is 0. The number of carbonyl (C=O) groups excluding carboxylic acids is 1. The van der Waals surface area contributed by atoms with E-state index in [4.69, 9.17) is 6.42 Å². The maximum absolute atomic E-state index is 11.6. The molecule has 1 amide bonds. The summed E-state index contributed by atoms with van der Waals surface area (Å²) in [6.45, 7) is 2.80. The van der Waals surface area contributed by atoms with Gasteiger partial charge in [-0.15, -0.1) is 6.42 Å². The molecule has 3 heteroatoms. The molecular weight excluding hydrogens is 248 g/mol. The highest BCUT2D eigenvalue weighted by molar-refractivity contribution is 5.78. The molecule has 0 saturated carbocycles. The lowest BCUT2D eigenvalue weighted by Crippen LogP contribution is -2.41. The molecule has 1 N–H and O–H groups in total. The Kier molecular flexibility index (Phi) is 5.64. The highest BCUT2D eigenvalue weighted by atomic mass is 16.2. The molecule has 3 nitrogen and oxygen atoms in total. The van der Waals surface area contributed by atoms with Crippen LogP contribution in [0.25, 0.3) is 0 Å². The first-order valence-corrected chi connectivity index (χ1v) is 7.24. The SMILES string of the molecule is C#CCNC(=O)CN1CCC(Cc2ccccc2)CC1. The summed E-state index contributed by atoms with van der Waals surface area (Å²) < 4.78 is 0. The number of hydrogen-bond acceptors (Lipinski definition) is 2. The van der Waals surface area contributed by atoms with Crippen LogP contribution in [0.1, 0.15) is 18.4 Å². The van der Waals surface area contributed by atoms with E-state index in [-0.39, 0.29) is 5.91 Å². The average Bonchev–Trinajstić information content (AvgIpc) is 2.48. The highest BCUT2D eigenvalue weighted by Crippen LogP contribution is 2.21. The molecule has 0 atom stereocenters. The topological polar surface area (TPSA) is 32.3 Å². The summed E-state index contributed by atoms with van der Waals surface area (Å²) in [5.74, 6) is 3.19. The van der Waals surface area contributed by atoms with Gasteiger partial charge in [0.1, 0.15) is 0 Å². The van der Waals surface area contributed by atoms with Gasteiger partial charge in [-0.3, -0.25) is 9.69 Å². The van der Waals surface area contributed by atoms with E-state index in [0.29, 0.717) is 13.1 Å². The van der Waals surface area contributed by atoms with Gasteiger partial charge in [0.25, 0.3) is 0 Å². The Bertz CT molecular complexity index is 456. The minimum absolute atomic E-state index is 0.0319. The first-order valence-electron chi connectivity index (χ1n) is 7.24. The molecule has 0 unspecified atom stereocenters. The molecule has 1 aromatic rings. The van der Waals surface area contributed by atoms with E-state index in [1.165, 1.54) is 5.56 Å². The zero-order valence-electron chi connectivity index (χ0n) is 11.8. The van der Waals surface area contributed by atoms with E-state index < -0.39 is 0 Å². The van der Waals surface area contributed by atoms with Gasteiger partial charge in [-0.05, 0) is 43.8 Å². The molecule has 2 rings (SSSR count). The molecule has 106 valence electrons. The molecule has 0 spiro atoms. The van der Waals surface area contributed by atoms with Crippen molar-refractivity contribution in [2.45, 2.75) is 19.3 Å². The predicted octanol–water partition coefficient (Wildman–Crippen LogP) is 1.69. The number of likely N-dealkylation sites (tertiary alicyclic amines) is 1. The molecule has 1 aliphatic heterocycles. The molecule has 1 heterocycles. The van der Waals surface area contributed by atoms with Gasteiger partial charge in [-0.2, -0.15) is 0 Å². The fourth-order valence-electron chi connectivity index (χ4n) is 2.70. The highest BCUT2D eigenvalue weighted by Gasteiger charge is 2.20. The van der Waals surface area contributed by atoms with Crippen molar-refractivity contribution in [3.8, 4) is 12.3 Å². The van der Waals surface area contributed by atoms with Crippen LogP contribution in [0.15, 0.2) is 30.3 Å². The number of carbonyl (C=O) groups is 1. The largest absolute Gasteiger partial charge is 0.344 e. The Labute approximate surface area is 121 Å². The number of benzene rings is 1. The predicted molar refractivity (Wildman–Crippen MR) is 81.2 cm³/mol. The number of terminal acetylenes is 1. The molecule has 0 aliphatic carbocycles. The Balaban J connectivity index is 1.70. The average molecular weight is 270 g/mol. The molecular formula is C17H22N2O. The second-order valence-corrected chi connectivity index (χ2v) is 5.39. The van der Waals surface area contributed by atoms with Gasteiger partial charge in [-0.25, -0.2) is 0 Å². The number of nitrogens with one attached hydrogen (secondary N) is 1. The van der Waals surface area contributed by atoms with Gasteiger partial charge < -0.3 is 5.32 Å². The van der Waals surface area contributed by atoms with Gasteiger partial charge >= 0.3 is 0 Å². The van der Waals surface area contributed by atoms with E-state index in [1.54, 1.807) is 0 Å². The fraction of sp³-hybridized carbons (Fsp3) is 0.471. The molecule has 20 heavy (non-hydrogen) atoms. The summed E-state index contributed by atoms with van der Waals surface area (Å²) in [4.78, 5) is 13.8. The van der Waals surface area contributed by atoms with Crippen LogP contribution >= 0.6 is 0 Å². The fourth-order valence-corrected chi connectivity index (χ4v) is 2.70. The van der Waals surface area contributed by atoms with Crippen LogP contribution in [-0.2, 0) is 11.2 Å². The number of hydrogen-bond donors (Lipinski definition) is 1. The molecule has 0 aromatic heterocycles. The quantitative estimate of drug-likeness (QED) is 0.826. The summed E-state index contributed by atoms with van der Waals surface area (Å²) in [6, 6.07) is 10.6. The number of amides is 1. The van der Waals surface area contributed by atoms with E-state index in [2.05, 4.69) is 46.5 Å². The summed E-state index contributed by atoms with van der Waals surface area (Å²) in [6.07, 6.45) is 8.60. The van der Waals surface area contributed by atoms with Gasteiger partial charge in [0.15, 0.2) is 0 Å². The van der Waals surface area contributed by atoms with Gasteiger partial charge in [0, 0.05) is 0 Å². The minimum atomic E-state index is 0.0319. The summed E-state index contributed by atoms with van der Waals surface area (Å²) in [5, 5.41) is 2.71. The smallest absolute Gasteiger partial charge is 0.234 e. The summed E-state index contributed by atoms with van der Waals surface area (Å²) in [7, 11) is 0. The third-order valence-corrected chi connectivity index (χ3v) is 3.83. The van der Waals surface area contributed by atoms with Crippen LogP contribution in [0.3, 0.4) is 0 Å². The van der Waals surface area contributed by atoms with Crippen molar-refractivity contribution in [2.24, 2.45) is 5.92 Å². The van der Waals surface area contributed by atoms with E-state index in [0.717, 1.165) is 38.3 Å². The van der Waals surface area contributed by atoms with E-state index >= 15 is 0 Å². The van der Waals surface area contributed by atoms with Crippen molar-refractivity contribution in [2.75, 3.05) is 26.2 Å². The molecule has 0 radical (unpaired) electrons. The Morgan fingerprint density at radius 2 is 2.00 bits per heavy atom. The maximum Gasteiger partial charge on any atom is 0.234 e. The molecule has 1 saturated heterocycles. The maximum atomic E-state index is 11.6. The second-order valence-electron chi connectivity index (χ2n) is 5.39. The van der Waals surface area contributed by atoms with Crippen LogP contribution in [0.2, 0.25) is 0 Å². The van der Waals surface area contributed by atoms with Crippen molar-refractivity contribution >= 4 is 5.91 Å². The minimum Gasteiger partial charge on any atom is -0.344 e. The standard InChI is InChI=1S/C17H22N2O/c1-2-10-18-17(20)14-19-11-8-16(9-12-19)13-15-6-4-3-5-7-15/h1,3-7,16H,8-14H2,(H,18,20). The van der Waals surface area contributed by atoms with Crippen LogP contribution in [0.4, 0.5) is 0 Å². The lowest BCUT2D eigenvalue weighted by atomic mass is 9.90. The van der Waals surface area contributed by atoms with Crippen LogP contribution in [0, 0.1) is 18.3 Å². The zero-order chi connectivity index (χ0) is 14.2. The van der Waals surface area contributed by atoms with Crippen LogP contribution in [0.5, 0.6) is 0 Å². The number of piperidine rings is 1. The van der Waals surface area contributed by atoms with Crippen molar-refractivity contribution in [1.29, 1.82) is 0 Å². The van der Waals surface area contributed by atoms with Crippen molar-refractivity contribution in [1.82, 2.24) is 10.2 Å².